The van der Waals surface area contributed by atoms with Gasteiger partial charge < -0.3 is 30.0 Å². The van der Waals surface area contributed by atoms with Crippen LogP contribution in [-0.2, 0) is 9.53 Å². The van der Waals surface area contributed by atoms with Gasteiger partial charge in [0.2, 0.25) is 5.56 Å². The van der Waals surface area contributed by atoms with Gasteiger partial charge in [-0.3, -0.25) is 14.5 Å². The van der Waals surface area contributed by atoms with Gasteiger partial charge in [0.15, 0.2) is 0 Å². The molecule has 1 aromatic heterocycles. The summed E-state index contributed by atoms with van der Waals surface area (Å²) >= 11 is 0. The highest BCUT2D eigenvalue weighted by atomic mass is 19.1. The van der Waals surface area contributed by atoms with E-state index < -0.39 is 6.10 Å². The number of H-pyrrole nitrogens is 1. The SMILES string of the molecule is O=C(CC(c1ccccc1)c1cc(OCCCCCCCCCNC[C@H](O)c2ccc(O)c3[nH]c(=O)ccc23)cc(-c2cccc(F)c2)c1)O[C@H]1CN2CCC1CC2. The Morgan fingerprint density at radius 3 is 2.38 bits per heavy atom. The molecule has 9 nitrogen and oxygen atoms in total. The minimum absolute atomic E-state index is 0.0196. The maximum Gasteiger partial charge on any atom is 0.307 e. The first-order valence-corrected chi connectivity index (χ1v) is 21.0. The highest BCUT2D eigenvalue weighted by molar-refractivity contribution is 5.87. The van der Waals surface area contributed by atoms with Crippen molar-refractivity contribution in [3.63, 3.8) is 0 Å². The number of piperidine rings is 3. The van der Waals surface area contributed by atoms with Crippen molar-refractivity contribution < 1.29 is 28.9 Å². The minimum atomic E-state index is -0.764. The number of rotatable bonds is 20. The molecule has 0 saturated carbocycles. The van der Waals surface area contributed by atoms with Gasteiger partial charge in [0.1, 0.15) is 23.4 Å². The zero-order valence-corrected chi connectivity index (χ0v) is 33.2. The summed E-state index contributed by atoms with van der Waals surface area (Å²) in [5.41, 5.74) is 4.24. The molecule has 2 bridgehead atoms. The topological polar surface area (TPSA) is 124 Å². The molecule has 0 radical (unpaired) electrons. The summed E-state index contributed by atoms with van der Waals surface area (Å²) < 4.78 is 26.9. The zero-order valence-electron chi connectivity index (χ0n) is 33.2. The number of pyridine rings is 1. The van der Waals surface area contributed by atoms with Crippen molar-refractivity contribution in [2.24, 2.45) is 5.92 Å². The molecule has 5 aromatic rings. The fraction of sp³-hybridized carbons (Fsp3) is 0.417. The van der Waals surface area contributed by atoms with Gasteiger partial charge in [-0.2, -0.15) is 0 Å². The molecule has 58 heavy (non-hydrogen) atoms. The van der Waals surface area contributed by atoms with Crippen LogP contribution in [0.25, 0.3) is 22.0 Å². The summed E-state index contributed by atoms with van der Waals surface area (Å²) in [6.07, 6.45) is 8.97. The van der Waals surface area contributed by atoms with E-state index in [2.05, 4.69) is 33.4 Å². The third-order valence-corrected chi connectivity index (χ3v) is 11.8. The molecule has 0 amide bonds. The number of aromatic amines is 1. The predicted molar refractivity (Wildman–Crippen MR) is 226 cm³/mol. The molecule has 8 rings (SSSR count). The van der Waals surface area contributed by atoms with Crippen LogP contribution < -0.4 is 15.6 Å². The zero-order chi connectivity index (χ0) is 40.3. The quantitative estimate of drug-likeness (QED) is 0.0457. The van der Waals surface area contributed by atoms with Gasteiger partial charge in [0.05, 0.1) is 24.6 Å². The van der Waals surface area contributed by atoms with Crippen LogP contribution in [0.2, 0.25) is 0 Å². The Morgan fingerprint density at radius 1 is 0.845 bits per heavy atom. The van der Waals surface area contributed by atoms with E-state index in [-0.39, 0.29) is 41.5 Å². The predicted octanol–water partition coefficient (Wildman–Crippen LogP) is 8.63. The van der Waals surface area contributed by atoms with E-state index in [1.165, 1.54) is 24.3 Å². The number of aromatic hydroxyl groups is 1. The summed E-state index contributed by atoms with van der Waals surface area (Å²) in [7, 11) is 0. The Bertz CT molecular complexity index is 2170. The molecule has 3 aliphatic heterocycles. The number of aliphatic hydroxyl groups excluding tert-OH is 1. The molecule has 4 heterocycles. The van der Waals surface area contributed by atoms with Crippen LogP contribution in [0.4, 0.5) is 4.39 Å². The smallest absolute Gasteiger partial charge is 0.307 e. The Hall–Kier alpha value is -5.03. The van der Waals surface area contributed by atoms with Crippen molar-refractivity contribution in [2.75, 3.05) is 39.3 Å². The van der Waals surface area contributed by atoms with E-state index in [0.29, 0.717) is 41.3 Å². The Labute approximate surface area is 340 Å². The minimum Gasteiger partial charge on any atom is -0.506 e. The molecule has 0 spiro atoms. The van der Waals surface area contributed by atoms with Gasteiger partial charge in [-0.05, 0) is 115 Å². The number of unbranched alkanes of at least 4 members (excludes halogenated alkanes) is 6. The van der Waals surface area contributed by atoms with Gasteiger partial charge in [-0.25, -0.2) is 4.39 Å². The fourth-order valence-corrected chi connectivity index (χ4v) is 8.61. The largest absolute Gasteiger partial charge is 0.506 e. The van der Waals surface area contributed by atoms with Gasteiger partial charge >= 0.3 is 5.97 Å². The maximum absolute atomic E-state index is 14.4. The lowest BCUT2D eigenvalue weighted by Gasteiger charge is -2.44. The second kappa shape index (κ2) is 20.1. The van der Waals surface area contributed by atoms with Crippen LogP contribution in [0.1, 0.15) is 92.9 Å². The third kappa shape index (κ3) is 10.9. The van der Waals surface area contributed by atoms with Crippen molar-refractivity contribution in [3.8, 4) is 22.6 Å². The van der Waals surface area contributed by atoms with E-state index >= 15 is 0 Å². The maximum atomic E-state index is 14.4. The first-order chi connectivity index (χ1) is 28.3. The molecule has 1 unspecified atom stereocenters. The lowest BCUT2D eigenvalue weighted by Crippen LogP contribution is -2.52. The summed E-state index contributed by atoms with van der Waals surface area (Å²) in [5, 5.41) is 24.9. The number of halogens is 1. The molecule has 306 valence electrons. The first kappa shape index (κ1) is 41.1. The average Bonchev–Trinajstić information content (AvgIpc) is 3.24. The van der Waals surface area contributed by atoms with Crippen molar-refractivity contribution in [3.05, 3.63) is 130 Å². The van der Waals surface area contributed by atoms with E-state index in [1.54, 1.807) is 18.2 Å². The van der Waals surface area contributed by atoms with Crippen LogP contribution in [0.5, 0.6) is 11.5 Å². The molecular formula is C48H56FN3O6. The molecular weight excluding hydrogens is 734 g/mol. The summed E-state index contributed by atoms with van der Waals surface area (Å²) in [6.45, 7) is 4.72. The Morgan fingerprint density at radius 2 is 1.62 bits per heavy atom. The third-order valence-electron chi connectivity index (χ3n) is 11.8. The van der Waals surface area contributed by atoms with Crippen LogP contribution in [0.3, 0.4) is 0 Å². The molecule has 3 saturated heterocycles. The van der Waals surface area contributed by atoms with Crippen molar-refractivity contribution in [2.45, 2.75) is 82.3 Å². The van der Waals surface area contributed by atoms with Gasteiger partial charge in [-0.1, -0.05) is 86.7 Å². The second-order valence-corrected chi connectivity index (χ2v) is 16.0. The molecule has 3 atom stereocenters. The summed E-state index contributed by atoms with van der Waals surface area (Å²) in [4.78, 5) is 30.3. The summed E-state index contributed by atoms with van der Waals surface area (Å²) in [6, 6.07) is 28.9. The van der Waals surface area contributed by atoms with Crippen molar-refractivity contribution in [1.82, 2.24) is 15.2 Å². The number of phenolic OH excluding ortho intramolecular Hbond substituents is 1. The summed E-state index contributed by atoms with van der Waals surface area (Å²) in [5.74, 6) is 0.371. The first-order valence-electron chi connectivity index (χ1n) is 21.0. The Balaban J connectivity index is 0.880. The average molecular weight is 790 g/mol. The van der Waals surface area contributed by atoms with Gasteiger partial charge in [0.25, 0.3) is 0 Å². The monoisotopic (exact) mass is 789 g/mol. The number of hydrogen-bond acceptors (Lipinski definition) is 8. The van der Waals surface area contributed by atoms with E-state index in [9.17, 15) is 24.2 Å². The highest BCUT2D eigenvalue weighted by Gasteiger charge is 2.37. The molecule has 10 heteroatoms. The number of hydrogen-bond donors (Lipinski definition) is 4. The number of phenols is 1. The number of carbonyl (C=O) groups is 1. The van der Waals surface area contributed by atoms with Crippen molar-refractivity contribution in [1.29, 1.82) is 0 Å². The van der Waals surface area contributed by atoms with Crippen LogP contribution in [0, 0.1) is 11.7 Å². The molecule has 4 N–H and O–H groups in total. The number of ether oxygens (including phenoxy) is 2. The molecule has 4 aromatic carbocycles. The Kier molecular flexibility index (Phi) is 14.3. The van der Waals surface area contributed by atoms with Crippen LogP contribution in [0.15, 0.2) is 102 Å². The molecule has 0 aliphatic carbocycles. The van der Waals surface area contributed by atoms with E-state index in [1.807, 2.05) is 36.4 Å². The lowest BCUT2D eigenvalue weighted by atomic mass is 9.85. The molecule has 3 aliphatic rings. The van der Waals surface area contributed by atoms with Crippen LogP contribution in [-0.4, -0.2) is 71.5 Å². The van der Waals surface area contributed by atoms with Gasteiger partial charge in [-0.15, -0.1) is 0 Å². The number of benzene rings is 4. The van der Waals surface area contributed by atoms with Gasteiger partial charge in [0, 0.05) is 30.5 Å². The van der Waals surface area contributed by atoms with E-state index in [0.717, 1.165) is 106 Å². The number of aliphatic hydroxyl groups is 1. The van der Waals surface area contributed by atoms with E-state index in [4.69, 9.17) is 9.47 Å². The normalized spacial score (nSPS) is 18.6. The number of carbonyl (C=O) groups excluding carboxylic acids is 1. The second-order valence-electron chi connectivity index (χ2n) is 16.0. The number of nitrogens with one attached hydrogen (secondary N) is 2. The van der Waals surface area contributed by atoms with Crippen LogP contribution >= 0.6 is 0 Å². The standard InChI is InChI=1S/C48H56FN3O6/c49-38-15-11-14-35(27-38)36-26-37(42(33-12-7-6-8-13-33)30-47(56)58-45-32-52-23-20-34(45)21-24-52)29-39(28-36)57-25-10-5-3-1-2-4-9-22-50-31-44(54)40-16-18-43(53)48-41(40)17-19-46(55)51-48/h6-8,11-19,26-29,34,42,44-45,50,53-54H,1-5,9-10,20-25,30-32H2,(H,51,55)/t42?,44-,45-/m0/s1. The lowest BCUT2D eigenvalue weighted by molar-refractivity contribution is -0.159. The van der Waals surface area contributed by atoms with Crippen molar-refractivity contribution >= 4 is 16.9 Å². The number of aromatic nitrogens is 1. The molecule has 3 fully saturated rings. The fourth-order valence-electron chi connectivity index (χ4n) is 8.61. The number of fused-ring (bicyclic) bond motifs is 4. The highest BCUT2D eigenvalue weighted by Crippen LogP contribution is 2.37. The number of esters is 1. The number of nitrogens with zero attached hydrogens (tertiary/aromatic N) is 1.